The van der Waals surface area contributed by atoms with Crippen LogP contribution in [0.15, 0.2) is 17.0 Å². The van der Waals surface area contributed by atoms with Crippen molar-refractivity contribution in [3.63, 3.8) is 0 Å². The van der Waals surface area contributed by atoms with E-state index < -0.39 is 15.2 Å². The number of hydrogen-bond donors (Lipinski definition) is 1. The summed E-state index contributed by atoms with van der Waals surface area (Å²) in [6, 6.07) is 3.56. The van der Waals surface area contributed by atoms with Crippen molar-refractivity contribution in [2.75, 3.05) is 13.7 Å². The van der Waals surface area contributed by atoms with Gasteiger partial charge in [-0.15, -0.1) is 0 Å². The molecular formula is C14H21NO3S. The fraction of sp³-hybridized carbons (Fsp3) is 0.571. The van der Waals surface area contributed by atoms with E-state index in [2.05, 4.69) is 5.32 Å². The van der Waals surface area contributed by atoms with E-state index in [-0.39, 0.29) is 0 Å². The van der Waals surface area contributed by atoms with Crippen molar-refractivity contribution in [2.24, 2.45) is 0 Å². The predicted octanol–water partition coefficient (Wildman–Crippen LogP) is 2.19. The zero-order chi connectivity index (χ0) is 14.0. The van der Waals surface area contributed by atoms with Crippen LogP contribution in [-0.2, 0) is 9.84 Å². The lowest BCUT2D eigenvalue weighted by Crippen LogP contribution is -2.40. The molecule has 0 spiro atoms. The first kappa shape index (κ1) is 14.3. The third kappa shape index (κ3) is 2.77. The summed E-state index contributed by atoms with van der Waals surface area (Å²) in [6.45, 7) is 4.43. The van der Waals surface area contributed by atoms with Gasteiger partial charge in [-0.25, -0.2) is 8.42 Å². The molecule has 0 aromatic heterocycles. The molecule has 1 saturated heterocycles. The zero-order valence-electron chi connectivity index (χ0n) is 11.7. The van der Waals surface area contributed by atoms with Gasteiger partial charge in [-0.3, -0.25) is 0 Å². The van der Waals surface area contributed by atoms with Crippen LogP contribution < -0.4 is 10.1 Å². The van der Waals surface area contributed by atoms with Crippen molar-refractivity contribution >= 4 is 9.84 Å². The molecule has 1 aliphatic heterocycles. The van der Waals surface area contributed by atoms with Gasteiger partial charge in [0.2, 0.25) is 0 Å². The van der Waals surface area contributed by atoms with Gasteiger partial charge in [-0.2, -0.15) is 0 Å². The van der Waals surface area contributed by atoms with E-state index in [4.69, 9.17) is 4.74 Å². The normalized spacial score (nSPS) is 20.3. The summed E-state index contributed by atoms with van der Waals surface area (Å²) in [6.07, 6.45) is 2.70. The Labute approximate surface area is 115 Å². The molecule has 0 radical (unpaired) electrons. The quantitative estimate of drug-likeness (QED) is 0.924. The highest BCUT2D eigenvalue weighted by Gasteiger charge is 2.31. The molecule has 1 aromatic carbocycles. The monoisotopic (exact) mass is 283 g/mol. The average molecular weight is 283 g/mol. The summed E-state index contributed by atoms with van der Waals surface area (Å²) in [5, 5.41) is 2.67. The molecule has 1 N–H and O–H groups in total. The minimum Gasteiger partial charge on any atom is -0.497 e. The molecule has 5 heteroatoms. The fourth-order valence-electron chi connectivity index (χ4n) is 2.70. The molecule has 2 rings (SSSR count). The van der Waals surface area contributed by atoms with Crippen molar-refractivity contribution in [1.82, 2.24) is 5.32 Å². The third-order valence-electron chi connectivity index (χ3n) is 3.59. The topological polar surface area (TPSA) is 55.4 Å². The molecule has 0 aliphatic carbocycles. The average Bonchev–Trinajstić information content (AvgIpc) is 2.38. The molecule has 4 nitrogen and oxygen atoms in total. The lowest BCUT2D eigenvalue weighted by molar-refractivity contribution is 0.413. The lowest BCUT2D eigenvalue weighted by atomic mass is 10.1. The van der Waals surface area contributed by atoms with Crippen molar-refractivity contribution < 1.29 is 13.2 Å². The van der Waals surface area contributed by atoms with E-state index in [9.17, 15) is 8.42 Å². The van der Waals surface area contributed by atoms with Crippen molar-refractivity contribution in [3.8, 4) is 5.75 Å². The number of benzene rings is 1. The second kappa shape index (κ2) is 5.51. The van der Waals surface area contributed by atoms with Gasteiger partial charge in [0, 0.05) is 0 Å². The van der Waals surface area contributed by atoms with Crippen LogP contribution in [0.1, 0.15) is 30.4 Å². The molecule has 0 saturated carbocycles. The maximum atomic E-state index is 12.7. The van der Waals surface area contributed by atoms with Crippen LogP contribution in [0.5, 0.6) is 5.75 Å². The van der Waals surface area contributed by atoms with Gasteiger partial charge in [0.05, 0.1) is 12.0 Å². The molecular weight excluding hydrogens is 262 g/mol. The highest BCUT2D eigenvalue weighted by Crippen LogP contribution is 2.29. The molecule has 1 heterocycles. The zero-order valence-corrected chi connectivity index (χ0v) is 12.5. The van der Waals surface area contributed by atoms with Crippen LogP contribution in [0.3, 0.4) is 0 Å². The maximum Gasteiger partial charge on any atom is 0.194 e. The Balaban J connectivity index is 2.45. The van der Waals surface area contributed by atoms with E-state index in [1.54, 1.807) is 19.2 Å². The first-order valence-corrected chi connectivity index (χ1v) is 8.14. The van der Waals surface area contributed by atoms with Gasteiger partial charge in [0.15, 0.2) is 9.84 Å². The number of rotatable bonds is 3. The van der Waals surface area contributed by atoms with Crippen LogP contribution in [0.2, 0.25) is 0 Å². The standard InChI is InChI=1S/C14H21NO3S/c1-10-8-12(18-3)9-11(2)14(10)19(16,17)13-6-4-5-7-15-13/h8-9,13,15H,4-7H2,1-3H3. The molecule has 19 heavy (non-hydrogen) atoms. The number of aryl methyl sites for hydroxylation is 2. The van der Waals surface area contributed by atoms with Crippen LogP contribution in [0.25, 0.3) is 0 Å². The number of sulfone groups is 1. The van der Waals surface area contributed by atoms with E-state index in [0.29, 0.717) is 17.1 Å². The van der Waals surface area contributed by atoms with Crippen molar-refractivity contribution in [2.45, 2.75) is 43.4 Å². The van der Waals surface area contributed by atoms with E-state index in [1.807, 2.05) is 13.8 Å². The van der Waals surface area contributed by atoms with Crippen LogP contribution >= 0.6 is 0 Å². The Kier molecular flexibility index (Phi) is 4.16. The Morgan fingerprint density at radius 1 is 1.21 bits per heavy atom. The van der Waals surface area contributed by atoms with Crippen molar-refractivity contribution in [1.29, 1.82) is 0 Å². The Morgan fingerprint density at radius 2 is 1.84 bits per heavy atom. The molecule has 106 valence electrons. The highest BCUT2D eigenvalue weighted by molar-refractivity contribution is 7.92. The smallest absolute Gasteiger partial charge is 0.194 e. The second-order valence-electron chi connectivity index (χ2n) is 5.07. The maximum absolute atomic E-state index is 12.7. The predicted molar refractivity (Wildman–Crippen MR) is 75.3 cm³/mol. The van der Waals surface area contributed by atoms with E-state index >= 15 is 0 Å². The fourth-order valence-corrected chi connectivity index (χ4v) is 4.82. The minimum absolute atomic E-state index is 0.452. The molecule has 1 fully saturated rings. The highest BCUT2D eigenvalue weighted by atomic mass is 32.2. The van der Waals surface area contributed by atoms with Gasteiger partial charge in [0.25, 0.3) is 0 Å². The summed E-state index contributed by atoms with van der Waals surface area (Å²) in [5.41, 5.74) is 1.51. The molecule has 1 atom stereocenters. The number of ether oxygens (including phenoxy) is 1. The first-order valence-electron chi connectivity index (χ1n) is 6.59. The molecule has 0 bridgehead atoms. The van der Waals surface area contributed by atoms with E-state index in [0.717, 1.165) is 30.5 Å². The Bertz CT molecular complexity index is 537. The van der Waals surface area contributed by atoms with Crippen LogP contribution in [0, 0.1) is 13.8 Å². The third-order valence-corrected chi connectivity index (χ3v) is 5.96. The van der Waals surface area contributed by atoms with Gasteiger partial charge in [-0.05, 0) is 62.9 Å². The molecule has 1 aliphatic rings. The minimum atomic E-state index is -3.32. The van der Waals surface area contributed by atoms with Gasteiger partial charge in [0.1, 0.15) is 11.1 Å². The van der Waals surface area contributed by atoms with Gasteiger partial charge < -0.3 is 10.1 Å². The number of piperidine rings is 1. The van der Waals surface area contributed by atoms with Crippen LogP contribution in [0.4, 0.5) is 0 Å². The summed E-state index contributed by atoms with van der Waals surface area (Å²) < 4.78 is 30.6. The SMILES string of the molecule is COc1cc(C)c(S(=O)(=O)C2CCCCN2)c(C)c1. The Morgan fingerprint density at radius 3 is 2.32 bits per heavy atom. The molecule has 0 amide bonds. The Hall–Kier alpha value is -1.07. The largest absolute Gasteiger partial charge is 0.497 e. The van der Waals surface area contributed by atoms with Gasteiger partial charge >= 0.3 is 0 Å². The molecule has 1 aromatic rings. The number of nitrogens with one attached hydrogen (secondary N) is 1. The first-order chi connectivity index (χ1) is 8.96. The summed E-state index contributed by atoms with van der Waals surface area (Å²) >= 11 is 0. The van der Waals surface area contributed by atoms with Crippen LogP contribution in [-0.4, -0.2) is 27.4 Å². The summed E-state index contributed by atoms with van der Waals surface area (Å²) in [5.74, 6) is 0.700. The van der Waals surface area contributed by atoms with Crippen molar-refractivity contribution in [3.05, 3.63) is 23.3 Å². The number of hydrogen-bond acceptors (Lipinski definition) is 4. The van der Waals surface area contributed by atoms with Gasteiger partial charge in [-0.1, -0.05) is 0 Å². The summed E-state index contributed by atoms with van der Waals surface area (Å²) in [7, 11) is -1.73. The molecule has 1 unspecified atom stereocenters. The number of methoxy groups -OCH3 is 1. The lowest BCUT2D eigenvalue weighted by Gasteiger charge is -2.25. The summed E-state index contributed by atoms with van der Waals surface area (Å²) in [4.78, 5) is 0.452. The second-order valence-corrected chi connectivity index (χ2v) is 7.14. The van der Waals surface area contributed by atoms with E-state index in [1.165, 1.54) is 0 Å².